The normalized spacial score (nSPS) is 23.4. The minimum Gasteiger partial charge on any atom is -0.394 e. The third-order valence-electron chi connectivity index (χ3n) is 4.53. The number of carbonyl (C=O) groups excluding carboxylic acids is 2. The lowest BCUT2D eigenvalue weighted by molar-refractivity contribution is -0.134. The zero-order chi connectivity index (χ0) is 21.8. The first kappa shape index (κ1) is 21.5. The molecule has 0 spiro atoms. The van der Waals surface area contributed by atoms with Crippen LogP contribution in [0.2, 0.25) is 0 Å². The molecular weight excluding hydrogens is 400 g/mol. The molecule has 0 saturated carbocycles. The van der Waals surface area contributed by atoms with Crippen molar-refractivity contribution in [3.63, 3.8) is 0 Å². The third-order valence-corrected chi connectivity index (χ3v) is 4.53. The van der Waals surface area contributed by atoms with E-state index in [1.165, 1.54) is 10.9 Å². The molecule has 4 atom stereocenters. The van der Waals surface area contributed by atoms with Gasteiger partial charge in [0.2, 0.25) is 5.78 Å². The lowest BCUT2D eigenvalue weighted by atomic mass is 10.1. The lowest BCUT2D eigenvalue weighted by Crippen LogP contribution is -2.33. The van der Waals surface area contributed by atoms with Crippen molar-refractivity contribution in [3.05, 3.63) is 12.7 Å². The molecule has 8 N–H and O–H groups in total. The molecule has 0 bridgehead atoms. The Morgan fingerprint density at radius 2 is 2.03 bits per heavy atom. The SMILES string of the molecule is N=C(N)NCCCC(=O)C(=O)Nc1ncnc2c1ncn2[C@@H]1O[C@H](CO)[C@@H](O)[C@H]1O. The first-order chi connectivity index (χ1) is 14.3. The summed E-state index contributed by atoms with van der Waals surface area (Å²) in [6.07, 6.45) is -1.99. The quantitative estimate of drug-likeness (QED) is 0.0996. The number of aliphatic hydroxyl groups excluding tert-OH is 3. The molecule has 14 nitrogen and oxygen atoms in total. The van der Waals surface area contributed by atoms with E-state index in [9.17, 15) is 24.9 Å². The molecule has 2 aromatic heterocycles. The minimum absolute atomic E-state index is 0.00861. The molecular formula is C16H22N8O6. The zero-order valence-electron chi connectivity index (χ0n) is 15.7. The summed E-state index contributed by atoms with van der Waals surface area (Å²) in [4.78, 5) is 36.3. The molecule has 1 aliphatic rings. The van der Waals surface area contributed by atoms with Gasteiger partial charge in [0.1, 0.15) is 24.6 Å². The number of nitrogens with zero attached hydrogens (tertiary/aromatic N) is 4. The fourth-order valence-corrected chi connectivity index (χ4v) is 3.00. The Bertz CT molecular complexity index is 949. The van der Waals surface area contributed by atoms with Crippen molar-refractivity contribution in [2.75, 3.05) is 18.5 Å². The largest absolute Gasteiger partial charge is 0.394 e. The summed E-state index contributed by atoms with van der Waals surface area (Å²) in [6.45, 7) is -0.206. The second-order valence-electron chi connectivity index (χ2n) is 6.60. The Labute approximate surface area is 169 Å². The van der Waals surface area contributed by atoms with Gasteiger partial charge in [0.05, 0.1) is 12.9 Å². The second-order valence-corrected chi connectivity index (χ2v) is 6.60. The van der Waals surface area contributed by atoms with Crippen LogP contribution in [0, 0.1) is 5.41 Å². The van der Waals surface area contributed by atoms with E-state index in [0.717, 1.165) is 6.33 Å². The van der Waals surface area contributed by atoms with Crippen molar-refractivity contribution in [1.29, 1.82) is 5.41 Å². The molecule has 1 saturated heterocycles. The molecule has 1 amide bonds. The standard InChI is InChI=1S/C16H22N8O6/c17-16(18)19-3-1-2-7(26)14(29)23-12-9-13(21-5-20-12)24(6-22-9)15-11(28)10(27)8(4-25)30-15/h5-6,8,10-11,15,25,27-28H,1-4H2,(H4,17,18,19)(H,20,21,23,29)/t8-,10-,11-,15-/m1/s1. The van der Waals surface area contributed by atoms with Crippen LogP contribution in [0.4, 0.5) is 5.82 Å². The molecule has 3 heterocycles. The number of amides is 1. The van der Waals surface area contributed by atoms with Gasteiger partial charge < -0.3 is 36.4 Å². The molecule has 2 aromatic rings. The van der Waals surface area contributed by atoms with Crippen LogP contribution in [0.5, 0.6) is 0 Å². The highest BCUT2D eigenvalue weighted by atomic mass is 16.6. The van der Waals surface area contributed by atoms with Gasteiger partial charge in [-0.2, -0.15) is 0 Å². The molecule has 1 aliphatic heterocycles. The highest BCUT2D eigenvalue weighted by Crippen LogP contribution is 2.32. The number of Topliss-reactive ketones (excluding diaryl/α,β-unsaturated/α-hetero) is 1. The summed E-state index contributed by atoms with van der Waals surface area (Å²) in [6, 6.07) is 0. The van der Waals surface area contributed by atoms with Crippen LogP contribution < -0.4 is 16.4 Å². The average molecular weight is 422 g/mol. The van der Waals surface area contributed by atoms with Crippen LogP contribution in [0.25, 0.3) is 11.2 Å². The number of ketones is 1. The van der Waals surface area contributed by atoms with Gasteiger partial charge in [-0.25, -0.2) is 15.0 Å². The van der Waals surface area contributed by atoms with Crippen LogP contribution in [-0.4, -0.2) is 84.0 Å². The molecule has 0 aliphatic carbocycles. The predicted octanol–water partition coefficient (Wildman–Crippen LogP) is -2.79. The topological polar surface area (TPSA) is 222 Å². The number of imidazole rings is 1. The lowest BCUT2D eigenvalue weighted by Gasteiger charge is -2.16. The number of hydrogen-bond acceptors (Lipinski definition) is 10. The van der Waals surface area contributed by atoms with Crippen molar-refractivity contribution in [1.82, 2.24) is 24.8 Å². The molecule has 3 rings (SSSR count). The van der Waals surface area contributed by atoms with Crippen LogP contribution in [-0.2, 0) is 14.3 Å². The van der Waals surface area contributed by atoms with Gasteiger partial charge in [-0.1, -0.05) is 0 Å². The maximum atomic E-state index is 12.2. The maximum Gasteiger partial charge on any atom is 0.292 e. The summed E-state index contributed by atoms with van der Waals surface area (Å²) < 4.78 is 6.80. The maximum absolute atomic E-state index is 12.2. The fraction of sp³-hybridized carbons (Fsp3) is 0.500. The first-order valence-corrected chi connectivity index (χ1v) is 9.05. The van der Waals surface area contributed by atoms with E-state index < -0.39 is 42.8 Å². The number of guanidine groups is 1. The summed E-state index contributed by atoms with van der Waals surface area (Å²) in [5, 5.41) is 41.3. The molecule has 0 radical (unpaired) electrons. The van der Waals surface area contributed by atoms with Crippen LogP contribution in [0.1, 0.15) is 19.1 Å². The molecule has 30 heavy (non-hydrogen) atoms. The Morgan fingerprint density at radius 3 is 2.70 bits per heavy atom. The first-order valence-electron chi connectivity index (χ1n) is 9.05. The van der Waals surface area contributed by atoms with Crippen LogP contribution in [0.15, 0.2) is 12.7 Å². The van der Waals surface area contributed by atoms with Gasteiger partial charge in [-0.15, -0.1) is 0 Å². The number of aliphatic hydroxyl groups is 3. The van der Waals surface area contributed by atoms with E-state index in [4.69, 9.17) is 15.9 Å². The van der Waals surface area contributed by atoms with E-state index >= 15 is 0 Å². The third kappa shape index (κ3) is 4.35. The molecule has 0 unspecified atom stereocenters. The van der Waals surface area contributed by atoms with Crippen molar-refractivity contribution in [3.8, 4) is 0 Å². The summed E-state index contributed by atoms with van der Waals surface area (Å²) in [7, 11) is 0. The van der Waals surface area contributed by atoms with Gasteiger partial charge in [0.15, 0.2) is 29.2 Å². The van der Waals surface area contributed by atoms with E-state index in [0.29, 0.717) is 6.42 Å². The van der Waals surface area contributed by atoms with Gasteiger partial charge in [0, 0.05) is 13.0 Å². The number of hydrogen-bond donors (Lipinski definition) is 7. The minimum atomic E-state index is -1.34. The van der Waals surface area contributed by atoms with Crippen molar-refractivity contribution in [2.24, 2.45) is 5.73 Å². The number of nitrogens with two attached hydrogens (primary N) is 1. The number of fused-ring (bicyclic) bond motifs is 1. The fourth-order valence-electron chi connectivity index (χ4n) is 3.00. The summed E-state index contributed by atoms with van der Waals surface area (Å²) in [5.41, 5.74) is 5.47. The van der Waals surface area contributed by atoms with Gasteiger partial charge in [0.25, 0.3) is 5.91 Å². The van der Waals surface area contributed by atoms with Crippen LogP contribution >= 0.6 is 0 Å². The number of aromatic nitrogens is 4. The Morgan fingerprint density at radius 1 is 1.27 bits per heavy atom. The second kappa shape index (κ2) is 9.08. The van der Waals surface area contributed by atoms with Crippen LogP contribution in [0.3, 0.4) is 0 Å². The number of nitrogens with one attached hydrogen (secondary N) is 3. The van der Waals surface area contributed by atoms with Crippen molar-refractivity contribution >= 4 is 34.6 Å². The highest BCUT2D eigenvalue weighted by Gasteiger charge is 2.44. The zero-order valence-corrected chi connectivity index (χ0v) is 15.7. The van der Waals surface area contributed by atoms with Crippen molar-refractivity contribution < 1.29 is 29.6 Å². The number of anilines is 1. The highest BCUT2D eigenvalue weighted by molar-refractivity contribution is 6.40. The average Bonchev–Trinajstić information content (AvgIpc) is 3.27. The smallest absolute Gasteiger partial charge is 0.292 e. The number of rotatable bonds is 8. The van der Waals surface area contributed by atoms with E-state index in [2.05, 4.69) is 25.6 Å². The van der Waals surface area contributed by atoms with E-state index in [1.807, 2.05) is 0 Å². The predicted molar refractivity (Wildman–Crippen MR) is 101 cm³/mol. The molecule has 1 fully saturated rings. The summed E-state index contributed by atoms with van der Waals surface area (Å²) >= 11 is 0. The summed E-state index contributed by atoms with van der Waals surface area (Å²) in [5.74, 6) is -1.80. The Balaban J connectivity index is 1.72. The molecule has 14 heteroatoms. The number of carbonyl (C=O) groups is 2. The molecule has 162 valence electrons. The van der Waals surface area contributed by atoms with E-state index in [1.54, 1.807) is 0 Å². The van der Waals surface area contributed by atoms with Gasteiger partial charge >= 0.3 is 0 Å². The Hall–Kier alpha value is -3.20. The van der Waals surface area contributed by atoms with E-state index in [-0.39, 0.29) is 35.9 Å². The Kier molecular flexibility index (Phi) is 6.51. The van der Waals surface area contributed by atoms with Gasteiger partial charge in [-0.3, -0.25) is 19.6 Å². The van der Waals surface area contributed by atoms with Gasteiger partial charge in [-0.05, 0) is 6.42 Å². The van der Waals surface area contributed by atoms with Crippen molar-refractivity contribution in [2.45, 2.75) is 37.4 Å². The monoisotopic (exact) mass is 422 g/mol. The number of ether oxygens (including phenoxy) is 1. The molecule has 0 aromatic carbocycles.